The quantitative estimate of drug-likeness (QED) is 0.205. The number of carbonyl (C=O) groups excluding carboxylic acids is 2. The Balaban J connectivity index is 2.01. The predicted octanol–water partition coefficient (Wildman–Crippen LogP) is 2.92. The zero-order chi connectivity index (χ0) is 21.1. The van der Waals surface area contributed by atoms with Gasteiger partial charge in [-0.1, -0.05) is 42.5 Å². The average Bonchev–Trinajstić information content (AvgIpc) is 2.72. The van der Waals surface area contributed by atoms with E-state index >= 15 is 0 Å². The molecule has 0 aromatic heterocycles. The molecular weight excluding hydrogens is 378 g/mol. The Bertz CT molecular complexity index is 828. The van der Waals surface area contributed by atoms with Crippen molar-refractivity contribution in [3.05, 3.63) is 70.3 Å². The van der Waals surface area contributed by atoms with Crippen LogP contribution in [0.25, 0.3) is 0 Å². The smallest absolute Gasteiger partial charge is 0.408 e. The SMILES string of the molecule is NCCCCC(NC(=O)OCc1ccccc1)C(=O)Oc1ccccc1[N+](=O)[O-]. The minimum absolute atomic E-state index is 0.0431. The van der Waals surface area contributed by atoms with E-state index in [-0.39, 0.29) is 24.5 Å². The molecule has 0 aliphatic heterocycles. The van der Waals surface area contributed by atoms with Crippen molar-refractivity contribution in [2.45, 2.75) is 31.9 Å². The number of nitrogens with two attached hydrogens (primary N) is 1. The third-order valence-corrected chi connectivity index (χ3v) is 4.01. The van der Waals surface area contributed by atoms with Gasteiger partial charge in [-0.15, -0.1) is 0 Å². The topological polar surface area (TPSA) is 134 Å². The molecule has 2 aromatic carbocycles. The van der Waals surface area contributed by atoms with Gasteiger partial charge in [-0.25, -0.2) is 9.59 Å². The highest BCUT2D eigenvalue weighted by Crippen LogP contribution is 2.26. The first-order valence-electron chi connectivity index (χ1n) is 9.13. The molecule has 0 aliphatic carbocycles. The monoisotopic (exact) mass is 401 g/mol. The molecule has 0 heterocycles. The molecule has 3 N–H and O–H groups in total. The minimum Gasteiger partial charge on any atom is -0.445 e. The van der Waals surface area contributed by atoms with Crippen LogP contribution < -0.4 is 15.8 Å². The zero-order valence-electron chi connectivity index (χ0n) is 15.8. The lowest BCUT2D eigenvalue weighted by Gasteiger charge is -2.17. The summed E-state index contributed by atoms with van der Waals surface area (Å²) in [6, 6.07) is 13.6. The predicted molar refractivity (Wildman–Crippen MR) is 105 cm³/mol. The molecule has 1 unspecified atom stereocenters. The third-order valence-electron chi connectivity index (χ3n) is 4.01. The number of para-hydroxylation sites is 2. The van der Waals surface area contributed by atoms with Crippen LogP contribution in [0.4, 0.5) is 10.5 Å². The maximum atomic E-state index is 12.5. The number of hydrogen-bond acceptors (Lipinski definition) is 7. The van der Waals surface area contributed by atoms with Gasteiger partial charge in [0.05, 0.1) is 4.92 Å². The third kappa shape index (κ3) is 7.23. The molecule has 0 aliphatic rings. The van der Waals surface area contributed by atoms with Crippen molar-refractivity contribution in [3.63, 3.8) is 0 Å². The van der Waals surface area contributed by atoms with Gasteiger partial charge in [0.25, 0.3) is 0 Å². The summed E-state index contributed by atoms with van der Waals surface area (Å²) in [4.78, 5) is 35.1. The van der Waals surface area contributed by atoms with E-state index in [1.54, 1.807) is 12.1 Å². The second-order valence-corrected chi connectivity index (χ2v) is 6.19. The molecule has 0 fully saturated rings. The maximum absolute atomic E-state index is 12.5. The number of nitro benzene ring substituents is 1. The molecule has 0 radical (unpaired) electrons. The van der Waals surface area contributed by atoms with E-state index in [1.165, 1.54) is 24.3 Å². The van der Waals surface area contributed by atoms with E-state index < -0.39 is 23.0 Å². The Morgan fingerprint density at radius 2 is 1.76 bits per heavy atom. The van der Waals surface area contributed by atoms with Crippen LogP contribution in [-0.4, -0.2) is 29.6 Å². The fraction of sp³-hybridized carbons (Fsp3) is 0.300. The van der Waals surface area contributed by atoms with Crippen molar-refractivity contribution in [2.75, 3.05) is 6.54 Å². The number of nitro groups is 1. The molecule has 9 heteroatoms. The molecule has 0 saturated heterocycles. The van der Waals surface area contributed by atoms with Gasteiger partial charge in [-0.05, 0) is 37.4 Å². The molecule has 0 spiro atoms. The largest absolute Gasteiger partial charge is 0.445 e. The van der Waals surface area contributed by atoms with Crippen LogP contribution in [0, 0.1) is 10.1 Å². The Morgan fingerprint density at radius 1 is 1.07 bits per heavy atom. The summed E-state index contributed by atoms with van der Waals surface area (Å²) >= 11 is 0. The van der Waals surface area contributed by atoms with Gasteiger partial charge in [0.1, 0.15) is 12.6 Å². The number of alkyl carbamates (subject to hydrolysis) is 1. The van der Waals surface area contributed by atoms with E-state index in [2.05, 4.69) is 5.32 Å². The fourth-order valence-corrected chi connectivity index (χ4v) is 2.52. The Hall–Kier alpha value is -3.46. The summed E-state index contributed by atoms with van der Waals surface area (Å²) in [6.07, 6.45) is 0.685. The van der Waals surface area contributed by atoms with Gasteiger partial charge >= 0.3 is 17.7 Å². The number of nitrogens with one attached hydrogen (secondary N) is 1. The maximum Gasteiger partial charge on any atom is 0.408 e. The highest BCUT2D eigenvalue weighted by atomic mass is 16.6. The van der Waals surface area contributed by atoms with Gasteiger partial charge in [0, 0.05) is 6.07 Å². The molecule has 154 valence electrons. The van der Waals surface area contributed by atoms with Gasteiger partial charge < -0.3 is 20.5 Å². The number of benzene rings is 2. The molecular formula is C20H23N3O6. The van der Waals surface area contributed by atoms with Gasteiger partial charge in [0.15, 0.2) is 0 Å². The lowest BCUT2D eigenvalue weighted by Crippen LogP contribution is -2.43. The van der Waals surface area contributed by atoms with Gasteiger partial charge in [-0.2, -0.15) is 0 Å². The standard InChI is InChI=1S/C20H23N3O6/c21-13-7-6-10-16(22-20(25)28-14-15-8-2-1-3-9-15)19(24)29-18-12-5-4-11-17(18)23(26)27/h1-5,8-9,11-12,16H,6-7,10,13-14,21H2,(H,22,25). The van der Waals surface area contributed by atoms with Crippen molar-refractivity contribution < 1.29 is 24.0 Å². The van der Waals surface area contributed by atoms with Crippen LogP contribution in [0.5, 0.6) is 5.75 Å². The van der Waals surface area contributed by atoms with E-state index in [1.807, 2.05) is 18.2 Å². The fourth-order valence-electron chi connectivity index (χ4n) is 2.52. The Morgan fingerprint density at radius 3 is 2.45 bits per heavy atom. The summed E-state index contributed by atoms with van der Waals surface area (Å²) in [6.45, 7) is 0.478. The van der Waals surface area contributed by atoms with E-state index in [0.29, 0.717) is 19.4 Å². The summed E-state index contributed by atoms with van der Waals surface area (Å²) in [7, 11) is 0. The second kappa shape index (κ2) is 11.4. The number of hydrogen-bond donors (Lipinski definition) is 2. The van der Waals surface area contributed by atoms with E-state index in [4.69, 9.17) is 15.2 Å². The molecule has 0 bridgehead atoms. The number of esters is 1. The van der Waals surface area contributed by atoms with Crippen LogP contribution in [0.2, 0.25) is 0 Å². The number of rotatable bonds is 10. The normalized spacial score (nSPS) is 11.3. The molecule has 29 heavy (non-hydrogen) atoms. The number of unbranched alkanes of at least 4 members (excludes halogenated alkanes) is 1. The van der Waals surface area contributed by atoms with E-state index in [0.717, 1.165) is 5.56 Å². The first kappa shape index (κ1) is 21.8. The summed E-state index contributed by atoms with van der Waals surface area (Å²) in [5.41, 5.74) is 5.93. The molecule has 2 rings (SSSR count). The van der Waals surface area contributed by atoms with E-state index in [9.17, 15) is 19.7 Å². The minimum atomic E-state index is -1.02. The Kier molecular flexibility index (Phi) is 8.58. The number of ether oxygens (including phenoxy) is 2. The van der Waals surface area contributed by atoms with Crippen molar-refractivity contribution in [3.8, 4) is 5.75 Å². The number of nitrogens with zero attached hydrogens (tertiary/aromatic N) is 1. The molecule has 0 saturated carbocycles. The highest BCUT2D eigenvalue weighted by molar-refractivity contribution is 5.83. The summed E-state index contributed by atoms with van der Waals surface area (Å²) in [5.74, 6) is -1.00. The van der Waals surface area contributed by atoms with Crippen LogP contribution >= 0.6 is 0 Å². The number of carbonyl (C=O) groups is 2. The van der Waals surface area contributed by atoms with Crippen molar-refractivity contribution >= 4 is 17.7 Å². The van der Waals surface area contributed by atoms with Crippen LogP contribution in [-0.2, 0) is 16.1 Å². The van der Waals surface area contributed by atoms with Crippen LogP contribution in [0.3, 0.4) is 0 Å². The van der Waals surface area contributed by atoms with Crippen LogP contribution in [0.1, 0.15) is 24.8 Å². The first-order chi connectivity index (χ1) is 14.0. The summed E-state index contributed by atoms with van der Waals surface area (Å²) < 4.78 is 10.3. The number of amides is 1. The van der Waals surface area contributed by atoms with Crippen molar-refractivity contribution in [2.24, 2.45) is 5.73 Å². The lowest BCUT2D eigenvalue weighted by molar-refractivity contribution is -0.385. The van der Waals surface area contributed by atoms with Crippen LogP contribution in [0.15, 0.2) is 54.6 Å². The Labute approximate surface area is 168 Å². The second-order valence-electron chi connectivity index (χ2n) is 6.19. The summed E-state index contributed by atoms with van der Waals surface area (Å²) in [5, 5.41) is 13.6. The highest BCUT2D eigenvalue weighted by Gasteiger charge is 2.26. The van der Waals surface area contributed by atoms with Crippen molar-refractivity contribution in [1.82, 2.24) is 5.32 Å². The first-order valence-corrected chi connectivity index (χ1v) is 9.13. The molecule has 1 amide bonds. The lowest BCUT2D eigenvalue weighted by atomic mass is 10.1. The molecule has 1 atom stereocenters. The molecule has 9 nitrogen and oxygen atoms in total. The van der Waals surface area contributed by atoms with Crippen molar-refractivity contribution in [1.29, 1.82) is 0 Å². The zero-order valence-corrected chi connectivity index (χ0v) is 15.8. The van der Waals surface area contributed by atoms with Gasteiger partial charge in [-0.3, -0.25) is 10.1 Å². The van der Waals surface area contributed by atoms with Gasteiger partial charge in [0.2, 0.25) is 5.75 Å². The molecule has 2 aromatic rings. The average molecular weight is 401 g/mol.